The molecule has 0 aliphatic rings. The van der Waals surface area contributed by atoms with Gasteiger partial charge in [-0.25, -0.2) is 4.79 Å². The van der Waals surface area contributed by atoms with Crippen molar-refractivity contribution in [3.8, 4) is 0 Å². The van der Waals surface area contributed by atoms with Crippen LogP contribution in [0, 0.1) is 13.8 Å². The Balaban J connectivity index is 2.17. The van der Waals surface area contributed by atoms with E-state index in [0.29, 0.717) is 13.1 Å². The number of hydrogen-bond donors (Lipinski definition) is 1. The molecule has 0 amide bonds. The fraction of sp³-hybridized carbons (Fsp3) is 0.429. The molecule has 5 heteroatoms. The highest BCUT2D eigenvalue weighted by Gasteiger charge is 2.07. The first-order valence-corrected chi connectivity index (χ1v) is 6.43. The summed E-state index contributed by atoms with van der Waals surface area (Å²) in [6.07, 6.45) is 0. The summed E-state index contributed by atoms with van der Waals surface area (Å²) in [4.78, 5) is 15.8. The molecule has 0 radical (unpaired) electrons. The molecule has 5 nitrogen and oxygen atoms in total. The number of rotatable bonds is 5. The zero-order valence-corrected chi connectivity index (χ0v) is 11.6. The van der Waals surface area contributed by atoms with Crippen LogP contribution in [0.5, 0.6) is 0 Å². The van der Waals surface area contributed by atoms with Crippen LogP contribution in [-0.4, -0.2) is 16.1 Å². The monoisotopic (exact) mass is 261 g/mol. The number of aryl methyl sites for hydroxylation is 2. The lowest BCUT2D eigenvalue weighted by Crippen LogP contribution is -2.25. The minimum atomic E-state index is -0.234. The van der Waals surface area contributed by atoms with E-state index in [-0.39, 0.29) is 5.69 Å². The zero-order valence-electron chi connectivity index (χ0n) is 11.6. The lowest BCUT2D eigenvalue weighted by Gasteiger charge is -2.07. The highest BCUT2D eigenvalue weighted by Crippen LogP contribution is 2.10. The van der Waals surface area contributed by atoms with Gasteiger partial charge in [0.05, 0.1) is 13.1 Å². The normalized spacial score (nSPS) is 10.9. The maximum Gasteiger partial charge on any atom is 0.348 e. The van der Waals surface area contributed by atoms with Crippen LogP contribution in [-0.2, 0) is 13.1 Å². The maximum atomic E-state index is 11.8. The van der Waals surface area contributed by atoms with Crippen LogP contribution in [0.3, 0.4) is 0 Å². The predicted octanol–water partition coefficient (Wildman–Crippen LogP) is 1.61. The molecule has 0 saturated carbocycles. The molecule has 2 heterocycles. The first kappa shape index (κ1) is 13.5. The zero-order chi connectivity index (χ0) is 13.8. The van der Waals surface area contributed by atoms with Gasteiger partial charge in [-0.15, -0.1) is 0 Å². The summed E-state index contributed by atoms with van der Waals surface area (Å²) in [5.41, 5.74) is 1.40. The average Bonchev–Trinajstić information content (AvgIpc) is 2.79. The van der Waals surface area contributed by atoms with Crippen LogP contribution in [0.25, 0.3) is 0 Å². The van der Waals surface area contributed by atoms with Crippen molar-refractivity contribution >= 4 is 0 Å². The fourth-order valence-electron chi connectivity index (χ4n) is 1.97. The molecule has 0 atom stereocenters. The topological polar surface area (TPSA) is 60.1 Å². The Hall–Kier alpha value is -1.88. The number of aromatic nitrogens is 2. The van der Waals surface area contributed by atoms with Crippen LogP contribution in [0.2, 0.25) is 0 Å². The molecule has 0 unspecified atom stereocenters. The van der Waals surface area contributed by atoms with Crippen molar-refractivity contribution in [2.24, 2.45) is 0 Å². The molecular weight excluding hydrogens is 242 g/mol. The first-order chi connectivity index (χ1) is 9.10. The van der Waals surface area contributed by atoms with Gasteiger partial charge in [0.15, 0.2) is 0 Å². The van der Waals surface area contributed by atoms with Crippen molar-refractivity contribution in [2.45, 2.75) is 33.9 Å². The molecule has 0 spiro atoms. The second-order valence-electron chi connectivity index (χ2n) is 4.56. The maximum absolute atomic E-state index is 11.8. The Morgan fingerprint density at radius 2 is 2.05 bits per heavy atom. The summed E-state index contributed by atoms with van der Waals surface area (Å²) >= 11 is 0. The van der Waals surface area contributed by atoms with E-state index >= 15 is 0 Å². The predicted molar refractivity (Wildman–Crippen MR) is 73.2 cm³/mol. The van der Waals surface area contributed by atoms with Crippen LogP contribution < -0.4 is 11.0 Å². The summed E-state index contributed by atoms with van der Waals surface area (Å²) in [5, 5.41) is 3.20. The fourth-order valence-corrected chi connectivity index (χ4v) is 1.97. The molecule has 1 N–H and O–H groups in total. The van der Waals surface area contributed by atoms with E-state index in [2.05, 4.69) is 10.3 Å². The molecule has 2 aromatic heterocycles. The van der Waals surface area contributed by atoms with Crippen molar-refractivity contribution in [3.05, 3.63) is 51.6 Å². The van der Waals surface area contributed by atoms with E-state index < -0.39 is 0 Å². The average molecular weight is 261 g/mol. The third-order valence-corrected chi connectivity index (χ3v) is 2.93. The second kappa shape index (κ2) is 5.84. The second-order valence-corrected chi connectivity index (χ2v) is 4.56. The molecule has 0 aliphatic carbocycles. The van der Waals surface area contributed by atoms with E-state index in [0.717, 1.165) is 29.5 Å². The first-order valence-electron chi connectivity index (χ1n) is 6.43. The van der Waals surface area contributed by atoms with Crippen molar-refractivity contribution < 1.29 is 4.42 Å². The van der Waals surface area contributed by atoms with Gasteiger partial charge in [-0.3, -0.25) is 4.57 Å². The standard InChI is InChI=1S/C14H19N3O2/c1-4-15-8-12-5-6-13(19-12)9-17-11(3)7-10(2)16-14(17)18/h5-7,15H,4,8-9H2,1-3H3. The van der Waals surface area contributed by atoms with Crippen molar-refractivity contribution in [1.82, 2.24) is 14.9 Å². The van der Waals surface area contributed by atoms with Gasteiger partial charge in [0.2, 0.25) is 0 Å². The lowest BCUT2D eigenvalue weighted by atomic mass is 10.3. The molecule has 19 heavy (non-hydrogen) atoms. The molecule has 0 aromatic carbocycles. The highest BCUT2D eigenvalue weighted by molar-refractivity contribution is 5.11. The number of nitrogens with zero attached hydrogens (tertiary/aromatic N) is 2. The summed E-state index contributed by atoms with van der Waals surface area (Å²) in [6, 6.07) is 5.72. The van der Waals surface area contributed by atoms with Gasteiger partial charge in [0, 0.05) is 11.4 Å². The Bertz CT molecular complexity index is 613. The van der Waals surface area contributed by atoms with Gasteiger partial charge in [-0.2, -0.15) is 4.98 Å². The lowest BCUT2D eigenvalue weighted by molar-refractivity contribution is 0.435. The number of hydrogen-bond acceptors (Lipinski definition) is 4. The Labute approximate surface area is 112 Å². The van der Waals surface area contributed by atoms with Gasteiger partial charge in [-0.1, -0.05) is 6.92 Å². The van der Waals surface area contributed by atoms with E-state index in [1.165, 1.54) is 0 Å². The minimum Gasteiger partial charge on any atom is -0.463 e. The molecule has 2 rings (SSSR count). The van der Waals surface area contributed by atoms with Crippen molar-refractivity contribution in [1.29, 1.82) is 0 Å². The molecule has 0 bridgehead atoms. The molecule has 0 fully saturated rings. The number of nitrogens with one attached hydrogen (secondary N) is 1. The molecule has 102 valence electrons. The Morgan fingerprint density at radius 1 is 1.32 bits per heavy atom. The van der Waals surface area contributed by atoms with E-state index in [1.54, 1.807) is 4.57 Å². The largest absolute Gasteiger partial charge is 0.463 e. The smallest absolute Gasteiger partial charge is 0.348 e. The van der Waals surface area contributed by atoms with Gasteiger partial charge in [-0.05, 0) is 38.6 Å². The summed E-state index contributed by atoms with van der Waals surface area (Å²) in [6.45, 7) is 7.79. The third-order valence-electron chi connectivity index (χ3n) is 2.93. The van der Waals surface area contributed by atoms with Crippen molar-refractivity contribution in [3.63, 3.8) is 0 Å². The molecular formula is C14H19N3O2. The van der Waals surface area contributed by atoms with Gasteiger partial charge < -0.3 is 9.73 Å². The highest BCUT2D eigenvalue weighted by atomic mass is 16.3. The van der Waals surface area contributed by atoms with E-state index in [4.69, 9.17) is 4.42 Å². The molecule has 2 aromatic rings. The number of furan rings is 1. The van der Waals surface area contributed by atoms with Gasteiger partial charge in [0.25, 0.3) is 0 Å². The van der Waals surface area contributed by atoms with E-state index in [9.17, 15) is 4.79 Å². The Morgan fingerprint density at radius 3 is 2.74 bits per heavy atom. The summed E-state index contributed by atoms with van der Waals surface area (Å²) in [5.74, 6) is 1.64. The van der Waals surface area contributed by atoms with Crippen LogP contribution in [0.1, 0.15) is 29.8 Å². The van der Waals surface area contributed by atoms with Crippen LogP contribution in [0.15, 0.2) is 27.4 Å². The quantitative estimate of drug-likeness (QED) is 0.888. The minimum absolute atomic E-state index is 0.234. The van der Waals surface area contributed by atoms with Gasteiger partial charge in [0.1, 0.15) is 11.5 Å². The molecule has 0 aliphatic heterocycles. The Kier molecular flexibility index (Phi) is 4.16. The van der Waals surface area contributed by atoms with Crippen LogP contribution in [0.4, 0.5) is 0 Å². The summed E-state index contributed by atoms with van der Waals surface area (Å²) < 4.78 is 7.29. The van der Waals surface area contributed by atoms with E-state index in [1.807, 2.05) is 39.0 Å². The molecule has 0 saturated heterocycles. The summed E-state index contributed by atoms with van der Waals surface area (Å²) in [7, 11) is 0. The van der Waals surface area contributed by atoms with Gasteiger partial charge >= 0.3 is 5.69 Å². The van der Waals surface area contributed by atoms with Crippen LogP contribution >= 0.6 is 0 Å². The third kappa shape index (κ3) is 3.32. The SMILES string of the molecule is CCNCc1ccc(Cn2c(C)cc(C)nc2=O)o1. The van der Waals surface area contributed by atoms with Crippen molar-refractivity contribution in [2.75, 3.05) is 6.54 Å².